The minimum atomic E-state index is 0.304. The molecule has 1 unspecified atom stereocenters. The number of hydrogen-bond donors (Lipinski definition) is 2. The molecule has 3 nitrogen and oxygen atoms in total. The molecular formula is C11H26N2O. The van der Waals surface area contributed by atoms with E-state index in [1.807, 2.05) is 0 Å². The Balaban J connectivity index is 3.27. The number of rotatable bonds is 9. The Morgan fingerprint density at radius 1 is 1.29 bits per heavy atom. The molecule has 0 rings (SSSR count). The van der Waals surface area contributed by atoms with Crippen LogP contribution < -0.4 is 5.32 Å². The molecule has 0 saturated heterocycles. The number of nitrogens with one attached hydrogen (secondary N) is 1. The molecule has 0 aliphatic carbocycles. The molecule has 0 heterocycles. The fraction of sp³-hybridized carbons (Fsp3) is 1.00. The molecule has 0 aromatic carbocycles. The van der Waals surface area contributed by atoms with E-state index in [-0.39, 0.29) is 0 Å². The number of hydrogen-bond acceptors (Lipinski definition) is 3. The Bertz CT molecular complexity index is 116. The molecule has 14 heavy (non-hydrogen) atoms. The van der Waals surface area contributed by atoms with Crippen LogP contribution in [0.3, 0.4) is 0 Å². The van der Waals surface area contributed by atoms with Gasteiger partial charge in [-0.2, -0.15) is 0 Å². The van der Waals surface area contributed by atoms with Crippen molar-refractivity contribution in [3.63, 3.8) is 0 Å². The van der Waals surface area contributed by atoms with Crippen molar-refractivity contribution in [1.29, 1.82) is 0 Å². The molecule has 2 N–H and O–H groups in total. The largest absolute Gasteiger partial charge is 0.396 e. The zero-order valence-electron chi connectivity index (χ0n) is 9.92. The molecule has 0 aromatic rings. The van der Waals surface area contributed by atoms with E-state index in [1.165, 1.54) is 0 Å². The molecule has 3 heteroatoms. The van der Waals surface area contributed by atoms with Gasteiger partial charge in [-0.05, 0) is 32.0 Å². The number of aliphatic hydroxyl groups excluding tert-OH is 1. The van der Waals surface area contributed by atoms with Gasteiger partial charge in [-0.25, -0.2) is 0 Å². The zero-order valence-corrected chi connectivity index (χ0v) is 9.92. The second-order valence-corrected chi connectivity index (χ2v) is 3.85. The van der Waals surface area contributed by atoms with Gasteiger partial charge in [0, 0.05) is 19.7 Å². The van der Waals surface area contributed by atoms with Crippen molar-refractivity contribution in [3.8, 4) is 0 Å². The van der Waals surface area contributed by atoms with Crippen molar-refractivity contribution >= 4 is 0 Å². The predicted octanol–water partition coefficient (Wildman–Crippen LogP) is 0.936. The Morgan fingerprint density at radius 3 is 2.43 bits per heavy atom. The molecule has 86 valence electrons. The number of nitrogens with zero attached hydrogens (tertiary/aromatic N) is 1. The average Bonchev–Trinajstić information content (AvgIpc) is 2.19. The molecule has 0 radical (unpaired) electrons. The number of aliphatic hydroxyl groups is 1. The van der Waals surface area contributed by atoms with Crippen LogP contribution in [0.2, 0.25) is 0 Å². The maximum atomic E-state index is 8.72. The molecule has 0 aliphatic heterocycles. The van der Waals surface area contributed by atoms with Crippen molar-refractivity contribution in [2.24, 2.45) is 5.92 Å². The third-order valence-corrected chi connectivity index (χ3v) is 2.61. The summed E-state index contributed by atoms with van der Waals surface area (Å²) in [5, 5.41) is 12.1. The molecule has 0 amide bonds. The second kappa shape index (κ2) is 9.44. The van der Waals surface area contributed by atoms with E-state index in [1.54, 1.807) is 0 Å². The minimum absolute atomic E-state index is 0.304. The van der Waals surface area contributed by atoms with E-state index in [0.717, 1.165) is 39.1 Å². The second-order valence-electron chi connectivity index (χ2n) is 3.85. The Labute approximate surface area is 88.5 Å². The minimum Gasteiger partial charge on any atom is -0.396 e. The van der Waals surface area contributed by atoms with Gasteiger partial charge in [0.05, 0.1) is 0 Å². The Morgan fingerprint density at radius 2 is 1.93 bits per heavy atom. The smallest absolute Gasteiger partial charge is 0.0434 e. The van der Waals surface area contributed by atoms with Gasteiger partial charge in [0.1, 0.15) is 0 Å². The molecule has 0 aliphatic rings. The van der Waals surface area contributed by atoms with E-state index < -0.39 is 0 Å². The van der Waals surface area contributed by atoms with Gasteiger partial charge >= 0.3 is 0 Å². The summed E-state index contributed by atoms with van der Waals surface area (Å²) in [6, 6.07) is 0. The summed E-state index contributed by atoms with van der Waals surface area (Å²) < 4.78 is 0. The third kappa shape index (κ3) is 7.30. The van der Waals surface area contributed by atoms with Crippen molar-refractivity contribution in [3.05, 3.63) is 0 Å². The highest BCUT2D eigenvalue weighted by Crippen LogP contribution is 1.97. The first-order valence-electron chi connectivity index (χ1n) is 5.78. The molecule has 1 atom stereocenters. The summed E-state index contributed by atoms with van der Waals surface area (Å²) in [7, 11) is 0. The molecule has 0 spiro atoms. The summed E-state index contributed by atoms with van der Waals surface area (Å²) >= 11 is 0. The molecule has 0 aromatic heterocycles. The van der Waals surface area contributed by atoms with Crippen LogP contribution in [0.5, 0.6) is 0 Å². The van der Waals surface area contributed by atoms with E-state index in [4.69, 9.17) is 5.11 Å². The van der Waals surface area contributed by atoms with Crippen molar-refractivity contribution in [2.45, 2.75) is 27.2 Å². The van der Waals surface area contributed by atoms with Gasteiger partial charge in [0.25, 0.3) is 0 Å². The summed E-state index contributed by atoms with van der Waals surface area (Å²) in [5.41, 5.74) is 0. The van der Waals surface area contributed by atoms with Crippen LogP contribution in [0.15, 0.2) is 0 Å². The topological polar surface area (TPSA) is 35.5 Å². The normalized spacial score (nSPS) is 13.5. The summed E-state index contributed by atoms with van der Waals surface area (Å²) in [6.45, 7) is 12.3. The van der Waals surface area contributed by atoms with Crippen molar-refractivity contribution in [2.75, 3.05) is 39.3 Å². The maximum absolute atomic E-state index is 8.72. The van der Waals surface area contributed by atoms with Crippen LogP contribution in [0, 0.1) is 5.92 Å². The SMILES string of the molecule is CCN(CC)CCNCC(C)CCO. The highest BCUT2D eigenvalue weighted by molar-refractivity contribution is 4.59. The highest BCUT2D eigenvalue weighted by atomic mass is 16.3. The van der Waals surface area contributed by atoms with Gasteiger partial charge < -0.3 is 15.3 Å². The summed E-state index contributed by atoms with van der Waals surface area (Å²) in [6.07, 6.45) is 0.901. The summed E-state index contributed by atoms with van der Waals surface area (Å²) in [4.78, 5) is 2.41. The van der Waals surface area contributed by atoms with Gasteiger partial charge in [0.2, 0.25) is 0 Å². The molecule has 0 saturated carbocycles. The quantitative estimate of drug-likeness (QED) is 0.546. The fourth-order valence-electron chi connectivity index (χ4n) is 1.45. The van der Waals surface area contributed by atoms with E-state index in [9.17, 15) is 0 Å². The summed E-state index contributed by atoms with van der Waals surface area (Å²) in [5.74, 6) is 0.580. The standard InChI is InChI=1S/C11H26N2O/c1-4-13(5-2)8-7-12-10-11(3)6-9-14/h11-12,14H,4-10H2,1-3H3. The first kappa shape index (κ1) is 13.9. The Hall–Kier alpha value is -0.120. The monoisotopic (exact) mass is 202 g/mol. The van der Waals surface area contributed by atoms with Crippen molar-refractivity contribution < 1.29 is 5.11 Å². The number of likely N-dealkylation sites (N-methyl/N-ethyl adjacent to an activating group) is 1. The third-order valence-electron chi connectivity index (χ3n) is 2.61. The van der Waals surface area contributed by atoms with Gasteiger partial charge in [-0.3, -0.25) is 0 Å². The van der Waals surface area contributed by atoms with Gasteiger partial charge in [0.15, 0.2) is 0 Å². The van der Waals surface area contributed by atoms with Gasteiger partial charge in [-0.15, -0.1) is 0 Å². The first-order valence-corrected chi connectivity index (χ1v) is 5.78. The van der Waals surface area contributed by atoms with E-state index >= 15 is 0 Å². The van der Waals surface area contributed by atoms with Crippen LogP contribution in [-0.2, 0) is 0 Å². The van der Waals surface area contributed by atoms with E-state index in [2.05, 4.69) is 31.0 Å². The lowest BCUT2D eigenvalue weighted by molar-refractivity contribution is 0.256. The lowest BCUT2D eigenvalue weighted by Crippen LogP contribution is -2.33. The maximum Gasteiger partial charge on any atom is 0.0434 e. The van der Waals surface area contributed by atoms with Gasteiger partial charge in [-0.1, -0.05) is 20.8 Å². The van der Waals surface area contributed by atoms with Crippen LogP contribution >= 0.6 is 0 Å². The fourth-order valence-corrected chi connectivity index (χ4v) is 1.45. The molecular weight excluding hydrogens is 176 g/mol. The predicted molar refractivity (Wildman–Crippen MR) is 61.5 cm³/mol. The van der Waals surface area contributed by atoms with Crippen LogP contribution in [-0.4, -0.2) is 49.3 Å². The lowest BCUT2D eigenvalue weighted by atomic mass is 10.1. The Kier molecular flexibility index (Phi) is 9.35. The van der Waals surface area contributed by atoms with Crippen LogP contribution in [0.4, 0.5) is 0 Å². The molecule has 0 fully saturated rings. The van der Waals surface area contributed by atoms with Crippen molar-refractivity contribution in [1.82, 2.24) is 10.2 Å². The zero-order chi connectivity index (χ0) is 10.8. The average molecular weight is 202 g/mol. The van der Waals surface area contributed by atoms with Crippen LogP contribution in [0.25, 0.3) is 0 Å². The first-order chi connectivity index (χ1) is 6.74. The van der Waals surface area contributed by atoms with E-state index in [0.29, 0.717) is 12.5 Å². The highest BCUT2D eigenvalue weighted by Gasteiger charge is 2.01. The van der Waals surface area contributed by atoms with Crippen LogP contribution in [0.1, 0.15) is 27.2 Å². The lowest BCUT2D eigenvalue weighted by Gasteiger charge is -2.19. The molecule has 0 bridgehead atoms.